The van der Waals surface area contributed by atoms with Gasteiger partial charge >= 0.3 is 0 Å². The van der Waals surface area contributed by atoms with Gasteiger partial charge in [-0.2, -0.15) is 0 Å². The molecule has 1 atom stereocenters. The molecule has 2 aromatic carbocycles. The van der Waals surface area contributed by atoms with Gasteiger partial charge < -0.3 is 8.97 Å². The van der Waals surface area contributed by atoms with Crippen molar-refractivity contribution in [2.75, 3.05) is 0 Å². The Balaban J connectivity index is 1.89. The van der Waals surface area contributed by atoms with Gasteiger partial charge in [-0.25, -0.2) is 0 Å². The van der Waals surface area contributed by atoms with Crippen LogP contribution in [0.5, 0.6) is 0 Å². The second kappa shape index (κ2) is 5.37. The third-order valence-electron chi connectivity index (χ3n) is 3.40. The van der Waals surface area contributed by atoms with Crippen molar-refractivity contribution in [2.24, 2.45) is 0 Å². The molecule has 0 radical (unpaired) electrons. The molecule has 3 nitrogen and oxygen atoms in total. The SMILES string of the molecule is CC(C)(C)[S+]([O-])NCc1ccc2oc3ccccc3c2c1. The molecule has 0 fully saturated rings. The number of rotatable bonds is 3. The van der Waals surface area contributed by atoms with Gasteiger partial charge in [-0.05, 0) is 44.5 Å². The molecule has 4 heteroatoms. The Morgan fingerprint density at radius 3 is 2.52 bits per heavy atom. The third kappa shape index (κ3) is 2.93. The van der Waals surface area contributed by atoms with Crippen LogP contribution in [0.2, 0.25) is 0 Å². The van der Waals surface area contributed by atoms with Gasteiger partial charge in [0.15, 0.2) is 0 Å². The number of hydrogen-bond donors (Lipinski definition) is 1. The first-order valence-electron chi connectivity index (χ1n) is 7.01. The first kappa shape index (κ1) is 14.4. The van der Waals surface area contributed by atoms with Crippen LogP contribution in [-0.4, -0.2) is 9.30 Å². The lowest BCUT2D eigenvalue weighted by Crippen LogP contribution is -2.38. The second-order valence-electron chi connectivity index (χ2n) is 6.13. The van der Waals surface area contributed by atoms with Crippen molar-refractivity contribution in [3.05, 3.63) is 48.0 Å². The molecule has 0 saturated heterocycles. The van der Waals surface area contributed by atoms with Gasteiger partial charge in [-0.3, -0.25) is 0 Å². The zero-order valence-electron chi connectivity index (χ0n) is 12.5. The van der Waals surface area contributed by atoms with Crippen LogP contribution in [0.3, 0.4) is 0 Å². The Labute approximate surface area is 127 Å². The van der Waals surface area contributed by atoms with E-state index in [4.69, 9.17) is 4.42 Å². The standard InChI is InChI=1S/C17H19NO2S/c1-17(2,3)21(19)18-11-12-8-9-16-14(10-12)13-6-4-5-7-15(13)20-16/h4-10,18H,11H2,1-3H3. The Hall–Kier alpha value is -1.49. The summed E-state index contributed by atoms with van der Waals surface area (Å²) in [5.41, 5.74) is 2.89. The van der Waals surface area contributed by atoms with Crippen LogP contribution in [0.4, 0.5) is 0 Å². The Morgan fingerprint density at radius 1 is 1.05 bits per heavy atom. The normalized spacial score (nSPS) is 13.9. The van der Waals surface area contributed by atoms with Crippen LogP contribution in [0.25, 0.3) is 21.9 Å². The minimum atomic E-state index is -1.06. The van der Waals surface area contributed by atoms with Crippen molar-refractivity contribution in [3.63, 3.8) is 0 Å². The van der Waals surface area contributed by atoms with E-state index < -0.39 is 11.4 Å². The van der Waals surface area contributed by atoms with E-state index >= 15 is 0 Å². The van der Waals surface area contributed by atoms with E-state index in [9.17, 15) is 4.55 Å². The van der Waals surface area contributed by atoms with Crippen molar-refractivity contribution in [1.29, 1.82) is 0 Å². The smallest absolute Gasteiger partial charge is 0.136 e. The minimum Gasteiger partial charge on any atom is -0.598 e. The van der Waals surface area contributed by atoms with Crippen molar-refractivity contribution in [2.45, 2.75) is 32.1 Å². The third-order valence-corrected chi connectivity index (χ3v) is 4.92. The predicted molar refractivity (Wildman–Crippen MR) is 88.5 cm³/mol. The van der Waals surface area contributed by atoms with Crippen molar-refractivity contribution < 1.29 is 8.97 Å². The summed E-state index contributed by atoms with van der Waals surface area (Å²) in [5.74, 6) is 0. The lowest BCUT2D eigenvalue weighted by molar-refractivity contribution is 0.544. The zero-order valence-corrected chi connectivity index (χ0v) is 13.3. The predicted octanol–water partition coefficient (Wildman–Crippen LogP) is 4.14. The van der Waals surface area contributed by atoms with Crippen LogP contribution in [0.15, 0.2) is 46.9 Å². The van der Waals surface area contributed by atoms with E-state index in [0.717, 1.165) is 27.5 Å². The molecule has 1 heterocycles. The van der Waals surface area contributed by atoms with Crippen molar-refractivity contribution in [1.82, 2.24) is 4.72 Å². The maximum Gasteiger partial charge on any atom is 0.136 e. The lowest BCUT2D eigenvalue weighted by atomic mass is 10.1. The number of para-hydroxylation sites is 1. The van der Waals surface area contributed by atoms with E-state index in [1.54, 1.807) is 0 Å². The number of nitrogens with one attached hydrogen (secondary N) is 1. The Kier molecular flexibility index (Phi) is 3.69. The fraction of sp³-hybridized carbons (Fsp3) is 0.294. The summed E-state index contributed by atoms with van der Waals surface area (Å²) in [6.07, 6.45) is 0. The van der Waals surface area contributed by atoms with Crippen LogP contribution in [0.1, 0.15) is 26.3 Å². The van der Waals surface area contributed by atoms with E-state index in [1.807, 2.05) is 51.1 Å². The molecule has 0 amide bonds. The highest BCUT2D eigenvalue weighted by atomic mass is 32.2. The average molecular weight is 301 g/mol. The zero-order chi connectivity index (χ0) is 15.0. The number of fused-ring (bicyclic) bond motifs is 3. The van der Waals surface area contributed by atoms with Gasteiger partial charge in [0, 0.05) is 22.1 Å². The molecule has 0 aliphatic rings. The quantitative estimate of drug-likeness (QED) is 0.740. The average Bonchev–Trinajstić information content (AvgIpc) is 2.81. The molecular weight excluding hydrogens is 282 g/mol. The van der Waals surface area contributed by atoms with Crippen LogP contribution >= 0.6 is 0 Å². The molecule has 0 saturated carbocycles. The Bertz CT molecular complexity index is 773. The number of furan rings is 1. The summed E-state index contributed by atoms with van der Waals surface area (Å²) in [5, 5.41) is 2.22. The Morgan fingerprint density at radius 2 is 1.76 bits per heavy atom. The van der Waals surface area contributed by atoms with Gasteiger partial charge in [-0.15, -0.1) is 4.72 Å². The molecular formula is C17H19NO2S. The van der Waals surface area contributed by atoms with Gasteiger partial charge in [0.2, 0.25) is 0 Å². The molecule has 110 valence electrons. The fourth-order valence-corrected chi connectivity index (χ4v) is 2.98. The summed E-state index contributed by atoms with van der Waals surface area (Å²) < 4.78 is 20.7. The monoisotopic (exact) mass is 301 g/mol. The van der Waals surface area contributed by atoms with Crippen molar-refractivity contribution in [3.8, 4) is 0 Å². The molecule has 21 heavy (non-hydrogen) atoms. The molecule has 3 aromatic rings. The summed E-state index contributed by atoms with van der Waals surface area (Å²) >= 11 is -1.06. The number of hydrogen-bond acceptors (Lipinski definition) is 3. The van der Waals surface area contributed by atoms with E-state index in [2.05, 4.69) is 16.9 Å². The van der Waals surface area contributed by atoms with Gasteiger partial charge in [0.05, 0.1) is 6.54 Å². The highest BCUT2D eigenvalue weighted by molar-refractivity contribution is 7.90. The lowest BCUT2D eigenvalue weighted by Gasteiger charge is -2.23. The fourth-order valence-electron chi connectivity index (χ4n) is 2.25. The minimum absolute atomic E-state index is 0.258. The maximum atomic E-state index is 12.0. The molecule has 1 unspecified atom stereocenters. The molecule has 0 aliphatic carbocycles. The highest BCUT2D eigenvalue weighted by Crippen LogP contribution is 2.29. The molecule has 0 bridgehead atoms. The first-order valence-corrected chi connectivity index (χ1v) is 8.16. The van der Waals surface area contributed by atoms with E-state index in [-0.39, 0.29) is 4.75 Å². The van der Waals surface area contributed by atoms with E-state index in [1.165, 1.54) is 0 Å². The summed E-state index contributed by atoms with van der Waals surface area (Å²) in [6.45, 7) is 6.47. The van der Waals surface area contributed by atoms with Crippen molar-refractivity contribution >= 4 is 33.3 Å². The molecule has 0 spiro atoms. The summed E-state index contributed by atoms with van der Waals surface area (Å²) in [7, 11) is 0. The largest absolute Gasteiger partial charge is 0.598 e. The molecule has 1 aromatic heterocycles. The first-order chi connectivity index (χ1) is 9.95. The van der Waals surface area contributed by atoms with Crippen LogP contribution in [-0.2, 0) is 17.9 Å². The van der Waals surface area contributed by atoms with Crippen LogP contribution < -0.4 is 4.72 Å². The molecule has 1 N–H and O–H groups in total. The highest BCUT2D eigenvalue weighted by Gasteiger charge is 2.25. The maximum absolute atomic E-state index is 12.0. The molecule has 3 rings (SSSR count). The topological polar surface area (TPSA) is 48.2 Å². The summed E-state index contributed by atoms with van der Waals surface area (Å²) in [6, 6.07) is 14.1. The number of benzene rings is 2. The van der Waals surface area contributed by atoms with Gasteiger partial charge in [0.25, 0.3) is 0 Å². The van der Waals surface area contributed by atoms with Gasteiger partial charge in [0.1, 0.15) is 15.9 Å². The second-order valence-corrected chi connectivity index (χ2v) is 8.18. The summed E-state index contributed by atoms with van der Waals surface area (Å²) in [4.78, 5) is 0. The van der Waals surface area contributed by atoms with Gasteiger partial charge in [-0.1, -0.05) is 24.3 Å². The van der Waals surface area contributed by atoms with E-state index in [0.29, 0.717) is 6.54 Å². The molecule has 0 aliphatic heterocycles. The van der Waals surface area contributed by atoms with Crippen LogP contribution in [0, 0.1) is 0 Å².